The van der Waals surface area contributed by atoms with Crippen LogP contribution in [0.15, 0.2) is 37.2 Å². The minimum absolute atomic E-state index is 0.0582. The molecule has 0 aliphatic carbocycles. The molecule has 4 heterocycles. The van der Waals surface area contributed by atoms with E-state index in [0.717, 1.165) is 24.4 Å². The van der Waals surface area contributed by atoms with Crippen molar-refractivity contribution in [2.24, 2.45) is 0 Å². The number of nitrogens with one attached hydrogen (secondary N) is 1. The third-order valence-electron chi connectivity index (χ3n) is 4.30. The zero-order chi connectivity index (χ0) is 16.5. The summed E-state index contributed by atoms with van der Waals surface area (Å²) in [6.07, 6.45) is 7.42. The molecule has 1 amide bonds. The Balaban J connectivity index is 1.40. The third kappa shape index (κ3) is 2.68. The molecule has 0 radical (unpaired) electrons. The van der Waals surface area contributed by atoms with Crippen LogP contribution in [0.4, 0.5) is 5.82 Å². The van der Waals surface area contributed by atoms with Gasteiger partial charge in [0.2, 0.25) is 5.91 Å². The molecule has 4 rings (SSSR count). The molecule has 1 aliphatic rings. The standard InChI is InChI=1S/C15H18N8O/c1-11(23-10-16-9-18-23)15(24)21-6-4-12(8-21)19-13-2-3-14-17-5-7-22(14)20-13/h2-3,5,7,9-12H,4,6,8H2,1H3,(H,19,20). The van der Waals surface area contributed by atoms with Crippen molar-refractivity contribution in [1.82, 2.24) is 34.3 Å². The van der Waals surface area contributed by atoms with Gasteiger partial charge in [-0.05, 0) is 25.5 Å². The van der Waals surface area contributed by atoms with Crippen LogP contribution < -0.4 is 5.32 Å². The highest BCUT2D eigenvalue weighted by molar-refractivity contribution is 5.80. The molecule has 1 aliphatic heterocycles. The van der Waals surface area contributed by atoms with Gasteiger partial charge in [-0.25, -0.2) is 19.2 Å². The molecule has 9 heteroatoms. The summed E-state index contributed by atoms with van der Waals surface area (Å²) in [7, 11) is 0. The number of hydrogen-bond acceptors (Lipinski definition) is 6. The molecule has 3 aromatic heterocycles. The minimum atomic E-state index is -0.341. The predicted octanol–water partition coefficient (Wildman–Crippen LogP) is 0.595. The fourth-order valence-corrected chi connectivity index (χ4v) is 2.97. The summed E-state index contributed by atoms with van der Waals surface area (Å²) in [6.45, 7) is 3.22. The lowest BCUT2D eigenvalue weighted by molar-refractivity contribution is -0.133. The Hall–Kier alpha value is -2.97. The van der Waals surface area contributed by atoms with Gasteiger partial charge in [0.15, 0.2) is 5.65 Å². The average Bonchev–Trinajstić information content (AvgIpc) is 3.34. The highest BCUT2D eigenvalue weighted by Crippen LogP contribution is 2.18. The average molecular weight is 326 g/mol. The molecule has 9 nitrogen and oxygen atoms in total. The second kappa shape index (κ2) is 5.91. The number of fused-ring (bicyclic) bond motifs is 1. The first-order chi connectivity index (χ1) is 11.7. The molecule has 1 saturated heterocycles. The van der Waals surface area contributed by atoms with E-state index in [1.807, 2.05) is 30.2 Å². The zero-order valence-corrected chi connectivity index (χ0v) is 13.3. The van der Waals surface area contributed by atoms with Gasteiger partial charge in [-0.1, -0.05) is 0 Å². The Morgan fingerprint density at radius 1 is 1.42 bits per heavy atom. The lowest BCUT2D eigenvalue weighted by atomic mass is 10.2. The number of likely N-dealkylation sites (tertiary alicyclic amines) is 1. The topological polar surface area (TPSA) is 93.2 Å². The molecule has 1 fully saturated rings. The SMILES string of the molecule is CC(C(=O)N1CCC(Nc2ccc3nccn3n2)C1)n1cncn1. The molecule has 0 saturated carbocycles. The van der Waals surface area contributed by atoms with E-state index < -0.39 is 0 Å². The first-order valence-corrected chi connectivity index (χ1v) is 7.90. The molecule has 3 aromatic rings. The Labute approximate surface area is 138 Å². The number of rotatable bonds is 4. The largest absolute Gasteiger partial charge is 0.364 e. The third-order valence-corrected chi connectivity index (χ3v) is 4.30. The molecule has 1 N–H and O–H groups in total. The quantitative estimate of drug-likeness (QED) is 0.754. The second-order valence-electron chi connectivity index (χ2n) is 5.91. The predicted molar refractivity (Wildman–Crippen MR) is 86.3 cm³/mol. The van der Waals surface area contributed by atoms with Crippen LogP contribution in [0, 0.1) is 0 Å². The number of hydrogen-bond donors (Lipinski definition) is 1. The van der Waals surface area contributed by atoms with E-state index in [-0.39, 0.29) is 18.0 Å². The monoisotopic (exact) mass is 326 g/mol. The number of aromatic nitrogens is 6. The van der Waals surface area contributed by atoms with Crippen molar-refractivity contribution in [2.75, 3.05) is 18.4 Å². The zero-order valence-electron chi connectivity index (χ0n) is 13.3. The summed E-state index contributed by atoms with van der Waals surface area (Å²) in [6, 6.07) is 3.67. The van der Waals surface area contributed by atoms with E-state index in [4.69, 9.17) is 0 Å². The molecule has 2 atom stereocenters. The van der Waals surface area contributed by atoms with Gasteiger partial charge in [0.1, 0.15) is 24.5 Å². The summed E-state index contributed by atoms with van der Waals surface area (Å²) in [5.74, 6) is 0.840. The number of anilines is 1. The molecule has 0 bridgehead atoms. The molecular weight excluding hydrogens is 308 g/mol. The molecule has 0 aromatic carbocycles. The van der Waals surface area contributed by atoms with Crippen molar-refractivity contribution < 1.29 is 4.79 Å². The Bertz CT molecular complexity index is 842. The summed E-state index contributed by atoms with van der Waals surface area (Å²) in [4.78, 5) is 22.5. The van der Waals surface area contributed by atoms with Gasteiger partial charge in [-0.3, -0.25) is 4.79 Å². The highest BCUT2D eigenvalue weighted by atomic mass is 16.2. The van der Waals surface area contributed by atoms with Gasteiger partial charge in [-0.15, -0.1) is 5.10 Å². The van der Waals surface area contributed by atoms with Crippen molar-refractivity contribution in [2.45, 2.75) is 25.4 Å². The van der Waals surface area contributed by atoms with Crippen LogP contribution in [0.1, 0.15) is 19.4 Å². The smallest absolute Gasteiger partial charge is 0.247 e. The van der Waals surface area contributed by atoms with Gasteiger partial charge in [0, 0.05) is 31.5 Å². The number of carbonyl (C=O) groups excluding carboxylic acids is 1. The van der Waals surface area contributed by atoms with Crippen LogP contribution in [0.25, 0.3) is 5.65 Å². The number of amides is 1. The van der Waals surface area contributed by atoms with E-state index in [9.17, 15) is 4.79 Å². The van der Waals surface area contributed by atoms with Gasteiger partial charge < -0.3 is 10.2 Å². The van der Waals surface area contributed by atoms with E-state index in [2.05, 4.69) is 25.5 Å². The van der Waals surface area contributed by atoms with Crippen LogP contribution in [-0.4, -0.2) is 59.3 Å². The van der Waals surface area contributed by atoms with Crippen molar-refractivity contribution in [3.8, 4) is 0 Å². The van der Waals surface area contributed by atoms with Crippen molar-refractivity contribution in [3.63, 3.8) is 0 Å². The lowest BCUT2D eigenvalue weighted by Gasteiger charge is -2.21. The molecule has 2 unspecified atom stereocenters. The van der Waals surface area contributed by atoms with Crippen molar-refractivity contribution >= 4 is 17.4 Å². The van der Waals surface area contributed by atoms with E-state index in [1.165, 1.54) is 6.33 Å². The summed E-state index contributed by atoms with van der Waals surface area (Å²) in [5, 5.41) is 11.9. The summed E-state index contributed by atoms with van der Waals surface area (Å²) < 4.78 is 3.31. The normalized spacial score (nSPS) is 18.9. The van der Waals surface area contributed by atoms with Crippen molar-refractivity contribution in [3.05, 3.63) is 37.2 Å². The van der Waals surface area contributed by atoms with Gasteiger partial charge >= 0.3 is 0 Å². The highest BCUT2D eigenvalue weighted by Gasteiger charge is 2.30. The molecule has 124 valence electrons. The maximum absolute atomic E-state index is 12.6. The van der Waals surface area contributed by atoms with E-state index in [0.29, 0.717) is 6.54 Å². The van der Waals surface area contributed by atoms with Gasteiger partial charge in [0.25, 0.3) is 0 Å². The van der Waals surface area contributed by atoms with Crippen molar-refractivity contribution in [1.29, 1.82) is 0 Å². The Kier molecular flexibility index (Phi) is 3.60. The Morgan fingerprint density at radius 3 is 3.17 bits per heavy atom. The van der Waals surface area contributed by atoms with Gasteiger partial charge in [-0.2, -0.15) is 5.10 Å². The molecule has 24 heavy (non-hydrogen) atoms. The Morgan fingerprint density at radius 2 is 2.33 bits per heavy atom. The van der Waals surface area contributed by atoms with Crippen LogP contribution in [0.3, 0.4) is 0 Å². The summed E-state index contributed by atoms with van der Waals surface area (Å²) >= 11 is 0. The van der Waals surface area contributed by atoms with Crippen LogP contribution in [-0.2, 0) is 4.79 Å². The number of imidazole rings is 1. The number of nitrogens with zero attached hydrogens (tertiary/aromatic N) is 7. The maximum atomic E-state index is 12.6. The van der Waals surface area contributed by atoms with Crippen LogP contribution >= 0.6 is 0 Å². The van der Waals surface area contributed by atoms with Crippen LogP contribution in [0.5, 0.6) is 0 Å². The van der Waals surface area contributed by atoms with Gasteiger partial charge in [0.05, 0.1) is 0 Å². The summed E-state index contributed by atoms with van der Waals surface area (Å²) in [5.41, 5.74) is 0.811. The number of carbonyl (C=O) groups is 1. The fraction of sp³-hybridized carbons (Fsp3) is 0.400. The van der Waals surface area contributed by atoms with E-state index in [1.54, 1.807) is 21.7 Å². The first kappa shape index (κ1) is 14.6. The van der Waals surface area contributed by atoms with E-state index >= 15 is 0 Å². The second-order valence-corrected chi connectivity index (χ2v) is 5.91. The first-order valence-electron chi connectivity index (χ1n) is 7.90. The molecular formula is C15H18N8O. The maximum Gasteiger partial charge on any atom is 0.247 e. The molecule has 0 spiro atoms. The lowest BCUT2D eigenvalue weighted by Crippen LogP contribution is -2.36. The fourth-order valence-electron chi connectivity index (χ4n) is 2.97. The minimum Gasteiger partial charge on any atom is -0.364 e. The van der Waals surface area contributed by atoms with Crippen LogP contribution in [0.2, 0.25) is 0 Å².